The molecule has 6 aromatic rings. The van der Waals surface area contributed by atoms with Gasteiger partial charge in [-0.1, -0.05) is 34.9 Å². The molecule has 0 aliphatic carbocycles. The highest BCUT2D eigenvalue weighted by Crippen LogP contribution is 2.56. The number of anilines is 1. The number of carbonyl (C=O) groups excluding carboxylic acids is 2. The van der Waals surface area contributed by atoms with Crippen molar-refractivity contribution < 1.29 is 86.7 Å². The molecular weight excluding hydrogens is 873 g/mol. The second-order valence-corrected chi connectivity index (χ2v) is 13.8. The zero-order chi connectivity index (χ0) is 46.6. The fourth-order valence-corrected chi connectivity index (χ4v) is 7.13. The van der Waals surface area contributed by atoms with Crippen molar-refractivity contribution in [3.05, 3.63) is 136 Å². The molecule has 0 saturated carbocycles. The van der Waals surface area contributed by atoms with Crippen LogP contribution in [-0.4, -0.2) is 35.6 Å². The summed E-state index contributed by atoms with van der Waals surface area (Å²) in [6.07, 6.45) is -21.7. The van der Waals surface area contributed by atoms with E-state index in [1.54, 1.807) is 0 Å². The number of para-hydroxylation sites is 1. The maximum absolute atomic E-state index is 14.6. The molecule has 0 atom stereocenters. The lowest BCUT2D eigenvalue weighted by molar-refractivity contribution is -0.144. The minimum absolute atomic E-state index is 0.0450. The largest absolute Gasteiger partial charge is 0.481 e. The molecule has 0 bridgehead atoms. The summed E-state index contributed by atoms with van der Waals surface area (Å²) in [5, 5.41) is 13.9. The van der Waals surface area contributed by atoms with Crippen molar-refractivity contribution in [1.29, 1.82) is 0 Å². The van der Waals surface area contributed by atoms with Crippen molar-refractivity contribution in [2.24, 2.45) is 0 Å². The summed E-state index contributed by atoms with van der Waals surface area (Å²) in [4.78, 5) is 39.8. The fourth-order valence-electron chi connectivity index (χ4n) is 7.13. The van der Waals surface area contributed by atoms with E-state index in [-0.39, 0.29) is 46.4 Å². The second kappa shape index (κ2) is 16.4. The molecule has 1 aliphatic heterocycles. The van der Waals surface area contributed by atoms with Gasteiger partial charge in [-0.15, -0.1) is 0 Å². The summed E-state index contributed by atoms with van der Waals surface area (Å²) < 4.78 is 185. The predicted molar refractivity (Wildman–Crippen MR) is 200 cm³/mol. The van der Waals surface area contributed by atoms with Gasteiger partial charge in [0.15, 0.2) is 6.29 Å². The van der Waals surface area contributed by atoms with Crippen molar-refractivity contribution in [1.82, 2.24) is 0 Å². The molecule has 1 amide bonds. The van der Waals surface area contributed by atoms with E-state index in [0.29, 0.717) is 29.8 Å². The van der Waals surface area contributed by atoms with Crippen LogP contribution in [0.15, 0.2) is 97.1 Å². The number of aldehydes is 1. The van der Waals surface area contributed by atoms with E-state index < -0.39 is 110 Å². The van der Waals surface area contributed by atoms with Gasteiger partial charge in [0.05, 0.1) is 28.7 Å². The normalized spacial score (nSPS) is 12.5. The highest BCUT2D eigenvalue weighted by atomic mass is 19.4. The molecule has 0 fully saturated rings. The Bertz CT molecular complexity index is 2730. The van der Waals surface area contributed by atoms with Crippen LogP contribution in [0.4, 0.5) is 62.9 Å². The number of halogens is 13. The standard InChI is InChI=1S/C43H23F12NO5.FHO/c1-56(28-8-6-20(7-9-28)10-34(58)59)39(60)32-18-31(22-13-26(42(50,51)52)17-27(14-22)43(53,54)55)38-37-35(32)23(19-57)15-30(36(37)29-4-2-3-5-33(29)61-38)21-11-24(40(44,45)46)16-25(12-21)41(47,48)49;1-2/h2-9,11-19H,10H2,1H3,(H,58,59);2H. The lowest BCUT2D eigenvalue weighted by atomic mass is 9.81. The summed E-state index contributed by atoms with van der Waals surface area (Å²) in [6, 6.07) is 13.7. The summed E-state index contributed by atoms with van der Waals surface area (Å²) in [6.45, 7) is 0. The Morgan fingerprint density at radius 2 is 1.10 bits per heavy atom. The maximum atomic E-state index is 14.6. The molecular formula is C43H24F13NO6. The molecule has 7 rings (SSSR count). The summed E-state index contributed by atoms with van der Waals surface area (Å²) in [7, 11) is 1.20. The van der Waals surface area contributed by atoms with Crippen molar-refractivity contribution >= 4 is 34.6 Å². The average molecular weight is 898 g/mol. The molecule has 20 heteroatoms. The van der Waals surface area contributed by atoms with Crippen molar-refractivity contribution in [2.45, 2.75) is 31.1 Å². The summed E-state index contributed by atoms with van der Waals surface area (Å²) in [5.74, 6) is -3.01. The Balaban J connectivity index is 0.00000326. The third kappa shape index (κ3) is 8.88. The first-order chi connectivity index (χ1) is 29.4. The Labute approximate surface area is 345 Å². The lowest BCUT2D eigenvalue weighted by Crippen LogP contribution is -2.27. The van der Waals surface area contributed by atoms with Crippen LogP contribution in [0.2, 0.25) is 0 Å². The highest BCUT2D eigenvalue weighted by molar-refractivity contribution is 6.25. The van der Waals surface area contributed by atoms with Crippen molar-refractivity contribution in [3.8, 4) is 44.9 Å². The molecule has 0 unspecified atom stereocenters. The van der Waals surface area contributed by atoms with Crippen LogP contribution in [0.3, 0.4) is 0 Å². The molecule has 0 radical (unpaired) electrons. The van der Waals surface area contributed by atoms with Gasteiger partial charge >= 0.3 is 30.7 Å². The number of aliphatic carboxylic acids is 1. The van der Waals surface area contributed by atoms with Crippen LogP contribution >= 0.6 is 0 Å². The number of fused-ring (bicyclic) bond motifs is 2. The number of carbonyl (C=O) groups is 3. The van der Waals surface area contributed by atoms with Gasteiger partial charge < -0.3 is 14.7 Å². The van der Waals surface area contributed by atoms with Gasteiger partial charge in [0, 0.05) is 51.3 Å². The van der Waals surface area contributed by atoms with Gasteiger partial charge in [-0.2, -0.15) is 52.7 Å². The number of alkyl halides is 12. The minimum Gasteiger partial charge on any atom is -0.481 e. The molecule has 328 valence electrons. The number of benzene rings is 6. The summed E-state index contributed by atoms with van der Waals surface area (Å²) >= 11 is 0. The van der Waals surface area contributed by atoms with E-state index in [0.717, 1.165) is 17.0 Å². The fraction of sp³-hybridized carbons (Fsp3) is 0.140. The number of ether oxygens (including phenoxy) is 1. The molecule has 1 heterocycles. The summed E-state index contributed by atoms with van der Waals surface area (Å²) in [5.41, 5.74) is -10.7. The zero-order valence-electron chi connectivity index (χ0n) is 31.4. The SMILES string of the molecule is CN(C(=O)c1cc(-c2cc(C(F)(F)F)cc(C(F)(F)F)c2)c2c3c(c(-c4cc(C(F)(F)F)cc(C(F)(F)F)c4)cc(C=O)c13)-c1ccccc1O2)c1ccc(CC(=O)O)cc1.OF. The molecule has 0 aromatic heterocycles. The zero-order valence-corrected chi connectivity index (χ0v) is 31.4. The van der Waals surface area contributed by atoms with Crippen LogP contribution in [0.25, 0.3) is 44.2 Å². The van der Waals surface area contributed by atoms with Crippen molar-refractivity contribution in [3.63, 3.8) is 0 Å². The van der Waals surface area contributed by atoms with Gasteiger partial charge in [-0.25, -0.2) is 5.31 Å². The van der Waals surface area contributed by atoms with Gasteiger partial charge in [-0.05, 0) is 89.0 Å². The number of amides is 1. The average Bonchev–Trinajstić information content (AvgIpc) is 3.22. The Hall–Kier alpha value is -6.96. The number of rotatable bonds is 7. The van der Waals surface area contributed by atoms with Crippen LogP contribution in [0.1, 0.15) is 48.5 Å². The Morgan fingerprint density at radius 1 is 0.619 bits per heavy atom. The van der Waals surface area contributed by atoms with E-state index in [1.165, 1.54) is 55.6 Å². The van der Waals surface area contributed by atoms with E-state index in [2.05, 4.69) is 0 Å². The molecule has 0 saturated heterocycles. The minimum atomic E-state index is -5.37. The van der Waals surface area contributed by atoms with E-state index in [9.17, 15) is 67.1 Å². The number of hydrogen-bond acceptors (Lipinski definition) is 5. The third-order valence-electron chi connectivity index (χ3n) is 9.89. The molecule has 6 aromatic carbocycles. The maximum Gasteiger partial charge on any atom is 0.416 e. The van der Waals surface area contributed by atoms with E-state index >= 15 is 0 Å². The van der Waals surface area contributed by atoms with E-state index in [4.69, 9.17) is 19.7 Å². The number of hydrogen-bond donors (Lipinski definition) is 2. The number of carboxylic acid groups (broad SMARTS) is 1. The van der Waals surface area contributed by atoms with Crippen LogP contribution in [0, 0.1) is 0 Å². The van der Waals surface area contributed by atoms with E-state index in [1.807, 2.05) is 0 Å². The predicted octanol–water partition coefficient (Wildman–Crippen LogP) is 12.6. The molecule has 0 spiro atoms. The Morgan fingerprint density at radius 3 is 1.56 bits per heavy atom. The van der Waals surface area contributed by atoms with Gasteiger partial charge in [0.1, 0.15) is 11.5 Å². The Kier molecular flexibility index (Phi) is 11.9. The van der Waals surface area contributed by atoms with Gasteiger partial charge in [0.2, 0.25) is 0 Å². The molecule has 7 nitrogen and oxygen atoms in total. The first-order valence-corrected chi connectivity index (χ1v) is 17.6. The van der Waals surface area contributed by atoms with Crippen LogP contribution in [0.5, 0.6) is 11.5 Å². The second-order valence-electron chi connectivity index (χ2n) is 13.8. The lowest BCUT2D eigenvalue weighted by Gasteiger charge is -2.29. The first-order valence-electron chi connectivity index (χ1n) is 17.6. The number of nitrogens with zero attached hydrogens (tertiary/aromatic N) is 1. The first kappa shape index (κ1) is 45.6. The van der Waals surface area contributed by atoms with Gasteiger partial charge in [0.25, 0.3) is 5.91 Å². The molecule has 1 aliphatic rings. The van der Waals surface area contributed by atoms with Crippen LogP contribution < -0.4 is 9.64 Å². The highest BCUT2D eigenvalue weighted by Gasteiger charge is 2.40. The van der Waals surface area contributed by atoms with Gasteiger partial charge in [-0.3, -0.25) is 14.4 Å². The third-order valence-corrected chi connectivity index (χ3v) is 9.89. The smallest absolute Gasteiger partial charge is 0.416 e. The number of carboxylic acids is 1. The quantitative estimate of drug-likeness (QED) is 0.122. The topological polar surface area (TPSA) is 104 Å². The molecule has 63 heavy (non-hydrogen) atoms. The van der Waals surface area contributed by atoms with Crippen molar-refractivity contribution in [2.75, 3.05) is 11.9 Å². The van der Waals surface area contributed by atoms with Crippen LogP contribution in [-0.2, 0) is 35.9 Å². The monoisotopic (exact) mass is 897 g/mol. The molecule has 2 N–H and O–H groups in total.